The lowest BCUT2D eigenvalue weighted by atomic mass is 9.87. The third-order valence-corrected chi connectivity index (χ3v) is 17.7. The standard InChI is InChI=1S/C40H46ClFN4O6SSi/c1-25-18-19-33(42)35(26(25)2)27(3)36(38-43-44-39(48)52-38)46-24-45(34-23-29(41)22-32(28(4)47)37(34)53(46,49)50)20-21-51-54(40(5,6)7,30-14-10-8-11-15-30)31-16-12-9-13-17-31/h8-19,22-23,27-28,36,47H,20-21,24H2,1-7H3,(H,44,48)/t27?,28?,36-/m0/s1. The van der Waals surface area contributed by atoms with Crippen molar-refractivity contribution in [1.82, 2.24) is 14.5 Å². The number of H-pyrrole nitrogens is 1. The molecule has 54 heavy (non-hydrogen) atoms. The minimum atomic E-state index is -4.50. The van der Waals surface area contributed by atoms with Crippen LogP contribution in [0, 0.1) is 19.7 Å². The highest BCUT2D eigenvalue weighted by Crippen LogP contribution is 2.47. The summed E-state index contributed by atoms with van der Waals surface area (Å²) in [6, 6.07) is 25.1. The first kappa shape index (κ1) is 39.6. The lowest BCUT2D eigenvalue weighted by Gasteiger charge is -2.45. The summed E-state index contributed by atoms with van der Waals surface area (Å²) in [6.45, 7) is 13.4. The Morgan fingerprint density at radius 2 is 1.63 bits per heavy atom. The van der Waals surface area contributed by atoms with E-state index in [4.69, 9.17) is 20.4 Å². The number of aliphatic hydroxyl groups excluding tert-OH is 1. The maximum atomic E-state index is 15.7. The summed E-state index contributed by atoms with van der Waals surface area (Å²) < 4.78 is 59.6. The minimum Gasteiger partial charge on any atom is -0.406 e. The lowest BCUT2D eigenvalue weighted by Crippen LogP contribution is -2.67. The van der Waals surface area contributed by atoms with E-state index in [0.29, 0.717) is 5.56 Å². The fourth-order valence-corrected chi connectivity index (χ4v) is 14.7. The van der Waals surface area contributed by atoms with Gasteiger partial charge in [0.05, 0.1) is 25.1 Å². The molecule has 0 bridgehead atoms. The molecule has 10 nitrogen and oxygen atoms in total. The Kier molecular flexibility index (Phi) is 11.1. The molecule has 5 aromatic rings. The molecule has 1 aliphatic heterocycles. The topological polar surface area (TPSA) is 129 Å². The largest absolute Gasteiger partial charge is 0.434 e. The van der Waals surface area contributed by atoms with Gasteiger partial charge in [0.15, 0.2) is 0 Å². The molecule has 1 aromatic heterocycles. The van der Waals surface area contributed by atoms with E-state index >= 15 is 4.39 Å². The van der Waals surface area contributed by atoms with Crippen LogP contribution < -0.4 is 21.0 Å². The Labute approximate surface area is 321 Å². The van der Waals surface area contributed by atoms with Gasteiger partial charge in [-0.25, -0.2) is 22.7 Å². The highest BCUT2D eigenvalue weighted by Gasteiger charge is 2.51. The molecule has 0 saturated heterocycles. The van der Waals surface area contributed by atoms with Crippen LogP contribution in [0.5, 0.6) is 0 Å². The van der Waals surface area contributed by atoms with Gasteiger partial charge >= 0.3 is 5.76 Å². The molecule has 1 aliphatic rings. The monoisotopic (exact) mass is 792 g/mol. The SMILES string of the molecule is Cc1ccc(F)c(C(C)[C@@H](c2n[nH]c(=O)o2)N2CN(CCO[Si](c3ccccc3)(c3ccccc3)C(C)(C)C)c3cc(Cl)cc(C(C)O)c3S2(=O)=O)c1C. The van der Waals surface area contributed by atoms with Crippen LogP contribution in [0.3, 0.4) is 0 Å². The zero-order chi connectivity index (χ0) is 39.2. The number of aliphatic hydroxyl groups is 1. The second kappa shape index (κ2) is 15.2. The van der Waals surface area contributed by atoms with Gasteiger partial charge in [-0.3, -0.25) is 0 Å². The molecule has 286 valence electrons. The molecule has 2 N–H and O–H groups in total. The molecule has 2 unspecified atom stereocenters. The molecule has 6 rings (SSSR count). The van der Waals surface area contributed by atoms with Crippen LogP contribution in [0.15, 0.2) is 99.0 Å². The van der Waals surface area contributed by atoms with E-state index in [9.17, 15) is 18.3 Å². The Bertz CT molecular complexity index is 2260. The molecule has 2 heterocycles. The van der Waals surface area contributed by atoms with E-state index in [2.05, 4.69) is 55.2 Å². The normalized spacial score (nSPS) is 16.5. The van der Waals surface area contributed by atoms with Gasteiger partial charge in [-0.2, -0.15) is 4.31 Å². The molecule has 0 spiro atoms. The molecule has 0 aliphatic carbocycles. The second-order valence-corrected chi connectivity index (χ2v) is 21.5. The maximum absolute atomic E-state index is 15.7. The van der Waals surface area contributed by atoms with Crippen molar-refractivity contribution in [3.8, 4) is 0 Å². The number of benzene rings is 4. The lowest BCUT2D eigenvalue weighted by molar-refractivity contribution is 0.193. The third-order valence-electron chi connectivity index (χ3n) is 10.5. The molecule has 4 aromatic carbocycles. The number of sulfonamides is 1. The van der Waals surface area contributed by atoms with Gasteiger partial charge in [0.25, 0.3) is 8.32 Å². The number of halogens is 2. The van der Waals surface area contributed by atoms with Crippen LogP contribution in [0.4, 0.5) is 10.1 Å². The molecular weight excluding hydrogens is 747 g/mol. The minimum absolute atomic E-state index is 0.0907. The van der Waals surface area contributed by atoms with Crippen molar-refractivity contribution in [1.29, 1.82) is 0 Å². The highest BCUT2D eigenvalue weighted by molar-refractivity contribution is 7.89. The summed E-state index contributed by atoms with van der Waals surface area (Å²) in [7, 11) is -7.49. The first-order valence-electron chi connectivity index (χ1n) is 17.8. The predicted molar refractivity (Wildman–Crippen MR) is 211 cm³/mol. The zero-order valence-electron chi connectivity index (χ0n) is 31.4. The third kappa shape index (κ3) is 7.09. The Balaban J connectivity index is 1.50. The average Bonchev–Trinajstić information content (AvgIpc) is 3.55. The van der Waals surface area contributed by atoms with Crippen LogP contribution >= 0.6 is 11.6 Å². The number of rotatable bonds is 11. The van der Waals surface area contributed by atoms with Crippen molar-refractivity contribution in [2.75, 3.05) is 24.7 Å². The number of hydrogen-bond acceptors (Lipinski definition) is 8. The fourth-order valence-electron chi connectivity index (χ4n) is 7.84. The van der Waals surface area contributed by atoms with Gasteiger partial charge < -0.3 is 18.8 Å². The summed E-state index contributed by atoms with van der Waals surface area (Å²) >= 11 is 6.61. The maximum Gasteiger partial charge on any atom is 0.434 e. The molecule has 14 heteroatoms. The van der Waals surface area contributed by atoms with E-state index < -0.39 is 48.0 Å². The van der Waals surface area contributed by atoms with Crippen molar-refractivity contribution >= 4 is 46.0 Å². The van der Waals surface area contributed by atoms with Gasteiger partial charge in [-0.1, -0.05) is 106 Å². The van der Waals surface area contributed by atoms with Crippen molar-refractivity contribution in [2.24, 2.45) is 0 Å². The number of anilines is 1. The number of nitrogens with one attached hydrogen (secondary N) is 1. The van der Waals surface area contributed by atoms with Crippen molar-refractivity contribution < 1.29 is 26.8 Å². The van der Waals surface area contributed by atoms with Gasteiger partial charge in [-0.05, 0) is 71.1 Å². The highest BCUT2D eigenvalue weighted by atomic mass is 35.5. The first-order chi connectivity index (χ1) is 25.5. The van der Waals surface area contributed by atoms with Gasteiger partial charge in [0.2, 0.25) is 15.9 Å². The summed E-state index contributed by atoms with van der Waals surface area (Å²) in [5.74, 6) is -2.53. The van der Waals surface area contributed by atoms with Crippen LogP contribution in [0.2, 0.25) is 10.1 Å². The van der Waals surface area contributed by atoms with Gasteiger partial charge in [0, 0.05) is 23.0 Å². The Morgan fingerprint density at radius 1 is 1.02 bits per heavy atom. The summed E-state index contributed by atoms with van der Waals surface area (Å²) in [5.41, 5.74) is 2.08. The van der Waals surface area contributed by atoms with E-state index in [0.717, 1.165) is 15.9 Å². The molecule has 0 fully saturated rings. The quantitative estimate of drug-likeness (QED) is 0.141. The predicted octanol–water partition coefficient (Wildman–Crippen LogP) is 6.72. The zero-order valence-corrected chi connectivity index (χ0v) is 34.0. The Morgan fingerprint density at radius 3 is 2.17 bits per heavy atom. The number of aryl methyl sites for hydroxylation is 1. The first-order valence-corrected chi connectivity index (χ1v) is 21.6. The number of aromatic nitrogens is 2. The molecule has 0 saturated carbocycles. The summed E-state index contributed by atoms with van der Waals surface area (Å²) in [5, 5.41) is 19.4. The summed E-state index contributed by atoms with van der Waals surface area (Å²) in [6.07, 6.45) is -1.22. The van der Waals surface area contributed by atoms with Crippen LogP contribution in [0.25, 0.3) is 0 Å². The van der Waals surface area contributed by atoms with Crippen LogP contribution in [-0.4, -0.2) is 56.2 Å². The van der Waals surface area contributed by atoms with E-state index in [1.165, 1.54) is 23.4 Å². The van der Waals surface area contributed by atoms with Crippen molar-refractivity contribution in [2.45, 2.75) is 76.5 Å². The number of fused-ring (bicyclic) bond motifs is 1. The average molecular weight is 793 g/mol. The molecule has 3 atom stereocenters. The fraction of sp³-hybridized carbons (Fsp3) is 0.350. The number of aromatic amines is 1. The number of nitrogens with zero attached hydrogens (tertiary/aromatic N) is 3. The summed E-state index contributed by atoms with van der Waals surface area (Å²) in [4.78, 5) is 14.1. The van der Waals surface area contributed by atoms with E-state index in [-0.39, 0.29) is 57.5 Å². The van der Waals surface area contributed by atoms with Crippen LogP contribution in [0.1, 0.15) is 80.8 Å². The van der Waals surface area contributed by atoms with E-state index in [1.54, 1.807) is 26.0 Å². The van der Waals surface area contributed by atoms with E-state index in [1.807, 2.05) is 48.2 Å². The van der Waals surface area contributed by atoms with Crippen LogP contribution in [-0.2, 0) is 14.4 Å². The number of hydrogen-bond donors (Lipinski definition) is 2. The van der Waals surface area contributed by atoms with Crippen molar-refractivity contribution in [3.05, 3.63) is 134 Å². The Hall–Kier alpha value is -4.11. The smallest absolute Gasteiger partial charge is 0.406 e. The molecule has 0 amide bonds. The molecular formula is C40H46ClFN4O6SSi. The van der Waals surface area contributed by atoms with Crippen molar-refractivity contribution in [3.63, 3.8) is 0 Å². The van der Waals surface area contributed by atoms with Gasteiger partial charge in [-0.15, -0.1) is 5.10 Å². The van der Waals surface area contributed by atoms with Gasteiger partial charge in [0.1, 0.15) is 16.8 Å². The molecule has 0 radical (unpaired) electrons. The second-order valence-electron chi connectivity index (χ2n) is 14.9.